The van der Waals surface area contributed by atoms with Gasteiger partial charge in [0.25, 0.3) is 0 Å². The molecular weight excluding hydrogens is 233 g/mol. The molecule has 0 fully saturated rings. The minimum Gasteiger partial charge on any atom is -0.324 e. The molecule has 0 atom stereocenters. The Morgan fingerprint density at radius 2 is 1.93 bits per heavy atom. The Bertz CT molecular complexity index is 466. The van der Waals surface area contributed by atoms with Crippen LogP contribution in [0.25, 0.3) is 0 Å². The maximum atomic E-state index is 11.7. The molecule has 0 saturated carbocycles. The van der Waals surface area contributed by atoms with Gasteiger partial charge in [-0.1, -0.05) is 23.2 Å². The Kier molecular flexibility index (Phi) is 2.25. The molecule has 1 aliphatic rings. The molecule has 1 aliphatic heterocycles. The van der Waals surface area contributed by atoms with Crippen LogP contribution in [0.15, 0.2) is 6.07 Å². The average Bonchev–Trinajstić information content (AvgIpc) is 2.36. The van der Waals surface area contributed by atoms with Crippen LogP contribution in [0.4, 0.5) is 5.69 Å². The standard InChI is InChI=1S/C11H11Cl2NO/c1-5-4-6(12)9-7(8(5)13)11(2,3)10(15)14-9/h4H,1-3H3,(H,14,15). The summed E-state index contributed by atoms with van der Waals surface area (Å²) in [4.78, 5) is 11.7. The quantitative estimate of drug-likeness (QED) is 0.743. The molecule has 2 nitrogen and oxygen atoms in total. The van der Waals surface area contributed by atoms with Gasteiger partial charge in [0.1, 0.15) is 0 Å². The van der Waals surface area contributed by atoms with Crippen LogP contribution in [0.2, 0.25) is 10.0 Å². The summed E-state index contributed by atoms with van der Waals surface area (Å²) in [6.07, 6.45) is 0. The molecule has 0 bridgehead atoms. The lowest BCUT2D eigenvalue weighted by molar-refractivity contribution is -0.119. The minimum atomic E-state index is -0.609. The first-order valence-electron chi connectivity index (χ1n) is 4.66. The van der Waals surface area contributed by atoms with Crippen molar-refractivity contribution in [2.45, 2.75) is 26.2 Å². The van der Waals surface area contributed by atoms with Crippen LogP contribution >= 0.6 is 23.2 Å². The number of hydrogen-bond acceptors (Lipinski definition) is 1. The Hall–Kier alpha value is -0.730. The second kappa shape index (κ2) is 3.13. The highest BCUT2D eigenvalue weighted by Crippen LogP contribution is 2.46. The Morgan fingerprint density at radius 3 is 2.53 bits per heavy atom. The van der Waals surface area contributed by atoms with Gasteiger partial charge >= 0.3 is 0 Å². The summed E-state index contributed by atoms with van der Waals surface area (Å²) in [5, 5.41) is 3.94. The third-order valence-corrected chi connectivity index (χ3v) is 3.61. The van der Waals surface area contributed by atoms with Crippen molar-refractivity contribution in [2.75, 3.05) is 5.32 Å². The molecule has 15 heavy (non-hydrogen) atoms. The molecule has 0 unspecified atom stereocenters. The predicted molar refractivity (Wildman–Crippen MR) is 62.9 cm³/mol. The van der Waals surface area contributed by atoms with Gasteiger partial charge in [0.2, 0.25) is 5.91 Å². The smallest absolute Gasteiger partial charge is 0.234 e. The number of carbonyl (C=O) groups excluding carboxylic acids is 1. The molecule has 0 saturated heterocycles. The van der Waals surface area contributed by atoms with E-state index in [2.05, 4.69) is 5.32 Å². The summed E-state index contributed by atoms with van der Waals surface area (Å²) in [5.74, 6) is -0.0631. The van der Waals surface area contributed by atoms with Gasteiger partial charge in [-0.2, -0.15) is 0 Å². The summed E-state index contributed by atoms with van der Waals surface area (Å²) >= 11 is 12.3. The fourth-order valence-electron chi connectivity index (χ4n) is 1.84. The zero-order valence-corrected chi connectivity index (χ0v) is 10.3. The highest BCUT2D eigenvalue weighted by Gasteiger charge is 2.41. The van der Waals surface area contributed by atoms with Gasteiger partial charge in [-0.15, -0.1) is 0 Å². The molecular formula is C11H11Cl2NO. The normalized spacial score (nSPS) is 17.5. The van der Waals surface area contributed by atoms with E-state index in [9.17, 15) is 4.79 Å². The molecule has 0 aromatic heterocycles. The number of rotatable bonds is 0. The van der Waals surface area contributed by atoms with E-state index in [1.165, 1.54) is 0 Å². The van der Waals surface area contributed by atoms with Crippen molar-refractivity contribution in [1.29, 1.82) is 0 Å². The number of aryl methyl sites for hydroxylation is 1. The lowest BCUT2D eigenvalue weighted by atomic mass is 9.85. The van der Waals surface area contributed by atoms with Gasteiger partial charge < -0.3 is 5.32 Å². The third-order valence-electron chi connectivity index (χ3n) is 2.83. The van der Waals surface area contributed by atoms with Gasteiger partial charge in [0.05, 0.1) is 16.1 Å². The maximum absolute atomic E-state index is 11.7. The first-order valence-corrected chi connectivity index (χ1v) is 5.42. The van der Waals surface area contributed by atoms with E-state index in [4.69, 9.17) is 23.2 Å². The second-order valence-corrected chi connectivity index (χ2v) is 5.10. The molecule has 2 rings (SSSR count). The molecule has 80 valence electrons. The predicted octanol–water partition coefficient (Wildman–Crippen LogP) is 3.53. The zero-order chi connectivity index (χ0) is 11.4. The Morgan fingerprint density at radius 1 is 1.33 bits per heavy atom. The average molecular weight is 244 g/mol. The van der Waals surface area contributed by atoms with Crippen molar-refractivity contribution < 1.29 is 4.79 Å². The fraction of sp³-hybridized carbons (Fsp3) is 0.364. The Balaban J connectivity index is 2.81. The number of hydrogen-bond donors (Lipinski definition) is 1. The van der Waals surface area contributed by atoms with Crippen LogP contribution < -0.4 is 5.32 Å². The summed E-state index contributed by atoms with van der Waals surface area (Å²) in [6.45, 7) is 5.57. The van der Waals surface area contributed by atoms with Crippen LogP contribution in [-0.4, -0.2) is 5.91 Å². The SMILES string of the molecule is Cc1cc(Cl)c2c(c1Cl)C(C)(C)C(=O)N2. The summed E-state index contributed by atoms with van der Waals surface area (Å²) in [6, 6.07) is 1.77. The van der Waals surface area contributed by atoms with Gasteiger partial charge in [0.15, 0.2) is 0 Å². The summed E-state index contributed by atoms with van der Waals surface area (Å²) < 4.78 is 0. The van der Waals surface area contributed by atoms with Gasteiger partial charge in [-0.25, -0.2) is 0 Å². The van der Waals surface area contributed by atoms with Crippen LogP contribution in [0, 0.1) is 6.92 Å². The number of nitrogens with one attached hydrogen (secondary N) is 1. The number of anilines is 1. The molecule has 1 aromatic carbocycles. The topological polar surface area (TPSA) is 29.1 Å². The van der Waals surface area contributed by atoms with E-state index in [1.54, 1.807) is 6.07 Å². The van der Waals surface area contributed by atoms with Crippen molar-refractivity contribution in [3.05, 3.63) is 27.2 Å². The molecule has 4 heteroatoms. The van der Waals surface area contributed by atoms with E-state index in [1.807, 2.05) is 20.8 Å². The molecule has 1 amide bonds. The lowest BCUT2D eigenvalue weighted by Gasteiger charge is -2.17. The first-order chi connectivity index (χ1) is 6.85. The highest BCUT2D eigenvalue weighted by molar-refractivity contribution is 6.38. The maximum Gasteiger partial charge on any atom is 0.234 e. The van der Waals surface area contributed by atoms with Crippen molar-refractivity contribution in [3.8, 4) is 0 Å². The van der Waals surface area contributed by atoms with Gasteiger partial charge in [-0.3, -0.25) is 4.79 Å². The number of amides is 1. The fourth-order valence-corrected chi connectivity index (χ4v) is 2.54. The third kappa shape index (κ3) is 1.35. The second-order valence-electron chi connectivity index (χ2n) is 4.32. The van der Waals surface area contributed by atoms with E-state index >= 15 is 0 Å². The number of carbonyl (C=O) groups is 1. The van der Waals surface area contributed by atoms with Crippen LogP contribution in [0.5, 0.6) is 0 Å². The number of fused-ring (bicyclic) bond motifs is 1. The van der Waals surface area contributed by atoms with E-state index in [0.29, 0.717) is 15.7 Å². The van der Waals surface area contributed by atoms with Gasteiger partial charge in [-0.05, 0) is 32.4 Å². The first kappa shape index (κ1) is 10.8. The summed E-state index contributed by atoms with van der Waals surface area (Å²) in [7, 11) is 0. The van der Waals surface area contributed by atoms with E-state index in [-0.39, 0.29) is 5.91 Å². The number of halogens is 2. The Labute approximate surface area is 98.6 Å². The highest BCUT2D eigenvalue weighted by atomic mass is 35.5. The van der Waals surface area contributed by atoms with Crippen molar-refractivity contribution in [3.63, 3.8) is 0 Å². The molecule has 1 aromatic rings. The van der Waals surface area contributed by atoms with Crippen molar-refractivity contribution >= 4 is 34.8 Å². The van der Waals surface area contributed by atoms with Crippen molar-refractivity contribution in [2.24, 2.45) is 0 Å². The monoisotopic (exact) mass is 243 g/mol. The van der Waals surface area contributed by atoms with Gasteiger partial charge in [0, 0.05) is 10.6 Å². The van der Waals surface area contributed by atoms with E-state index < -0.39 is 5.41 Å². The molecule has 0 spiro atoms. The summed E-state index contributed by atoms with van der Waals surface area (Å²) in [5.41, 5.74) is 1.74. The van der Waals surface area contributed by atoms with Crippen LogP contribution in [-0.2, 0) is 10.2 Å². The van der Waals surface area contributed by atoms with Crippen LogP contribution in [0.1, 0.15) is 25.0 Å². The van der Waals surface area contributed by atoms with E-state index in [0.717, 1.165) is 11.1 Å². The molecule has 0 aliphatic carbocycles. The number of benzene rings is 1. The lowest BCUT2D eigenvalue weighted by Crippen LogP contribution is -2.27. The van der Waals surface area contributed by atoms with Crippen LogP contribution in [0.3, 0.4) is 0 Å². The van der Waals surface area contributed by atoms with Crippen molar-refractivity contribution in [1.82, 2.24) is 0 Å². The molecule has 1 N–H and O–H groups in total. The zero-order valence-electron chi connectivity index (χ0n) is 8.74. The minimum absolute atomic E-state index is 0.0631. The molecule has 1 heterocycles. The molecule has 0 radical (unpaired) electrons. The largest absolute Gasteiger partial charge is 0.324 e.